The predicted molar refractivity (Wildman–Crippen MR) is 94.7 cm³/mol. The third kappa shape index (κ3) is 8.56. The molecule has 1 nitrogen and oxygen atoms in total. The minimum atomic E-state index is 0.818. The molecule has 0 spiro atoms. The molecule has 2 atom stereocenters. The summed E-state index contributed by atoms with van der Waals surface area (Å²) in [7, 11) is 0. The maximum atomic E-state index is 3.63. The van der Waals surface area contributed by atoms with Crippen molar-refractivity contribution in [2.24, 2.45) is 5.92 Å². The molecule has 2 unspecified atom stereocenters. The normalized spacial score (nSPS) is 23.4. The van der Waals surface area contributed by atoms with Crippen molar-refractivity contribution in [2.75, 3.05) is 13.1 Å². The molecule has 1 heterocycles. The summed E-state index contributed by atoms with van der Waals surface area (Å²) in [6.07, 6.45) is 14.4. The van der Waals surface area contributed by atoms with Gasteiger partial charge in [-0.15, -0.1) is 0 Å². The number of hydrogen-bond acceptors (Lipinski definition) is 2. The van der Waals surface area contributed by atoms with Gasteiger partial charge in [-0.2, -0.15) is 11.8 Å². The zero-order valence-corrected chi connectivity index (χ0v) is 14.9. The molecule has 0 aromatic carbocycles. The summed E-state index contributed by atoms with van der Waals surface area (Å²) >= 11 is 2.25. The Bertz CT molecular complexity index is 217. The van der Waals surface area contributed by atoms with Crippen LogP contribution in [0.1, 0.15) is 85.0 Å². The molecule has 1 saturated heterocycles. The van der Waals surface area contributed by atoms with Crippen LogP contribution in [0.25, 0.3) is 0 Å². The minimum Gasteiger partial charge on any atom is -0.315 e. The van der Waals surface area contributed by atoms with E-state index in [1.54, 1.807) is 0 Å². The summed E-state index contributed by atoms with van der Waals surface area (Å²) in [5, 5.41) is 5.34. The fraction of sp³-hybridized carbons (Fsp3) is 1.00. The molecule has 1 N–H and O–H groups in total. The van der Waals surface area contributed by atoms with Gasteiger partial charge in [-0.1, -0.05) is 78.6 Å². The van der Waals surface area contributed by atoms with E-state index in [1.807, 2.05) is 0 Å². The smallest absolute Gasteiger partial charge is 0.0198 e. The lowest BCUT2D eigenvalue weighted by Gasteiger charge is -2.32. The molecule has 2 heteroatoms. The number of nitrogens with one attached hydrogen (secondary N) is 1. The van der Waals surface area contributed by atoms with Crippen molar-refractivity contribution >= 4 is 11.8 Å². The van der Waals surface area contributed by atoms with Crippen molar-refractivity contribution in [1.29, 1.82) is 0 Å². The van der Waals surface area contributed by atoms with Gasteiger partial charge in [0, 0.05) is 23.6 Å². The Morgan fingerprint density at radius 3 is 2.10 bits per heavy atom. The van der Waals surface area contributed by atoms with Gasteiger partial charge in [0.2, 0.25) is 0 Å². The maximum absolute atomic E-state index is 3.63. The van der Waals surface area contributed by atoms with Crippen molar-refractivity contribution in [3.05, 3.63) is 0 Å². The van der Waals surface area contributed by atoms with E-state index in [1.165, 1.54) is 77.3 Å². The van der Waals surface area contributed by atoms with E-state index < -0.39 is 0 Å². The predicted octanol–water partition coefficient (Wildman–Crippen LogP) is 5.64. The molecule has 0 aromatic heterocycles. The van der Waals surface area contributed by atoms with E-state index >= 15 is 0 Å². The third-order valence-electron chi connectivity index (χ3n) is 4.46. The molecule has 1 aliphatic rings. The van der Waals surface area contributed by atoms with Crippen LogP contribution in [-0.2, 0) is 0 Å². The van der Waals surface area contributed by atoms with Crippen LogP contribution in [0.3, 0.4) is 0 Å². The molecule has 1 fully saturated rings. The SMILES string of the molecule is CCCCCCCCCCCC1CNCC(C(C)C)S1. The number of rotatable bonds is 11. The first-order valence-corrected chi connectivity index (χ1v) is 10.0. The van der Waals surface area contributed by atoms with Gasteiger partial charge in [-0.05, 0) is 12.3 Å². The number of hydrogen-bond donors (Lipinski definition) is 1. The van der Waals surface area contributed by atoms with Gasteiger partial charge in [-0.25, -0.2) is 0 Å². The zero-order chi connectivity index (χ0) is 14.6. The van der Waals surface area contributed by atoms with Crippen molar-refractivity contribution in [3.8, 4) is 0 Å². The van der Waals surface area contributed by atoms with Crippen LogP contribution >= 0.6 is 11.8 Å². The maximum Gasteiger partial charge on any atom is 0.0198 e. The molecule has 1 aliphatic heterocycles. The highest BCUT2D eigenvalue weighted by molar-refractivity contribution is 8.00. The lowest BCUT2D eigenvalue weighted by molar-refractivity contribution is 0.502. The summed E-state index contributed by atoms with van der Waals surface area (Å²) in [5.41, 5.74) is 0. The molecule has 0 bridgehead atoms. The molecule has 1 rings (SSSR count). The van der Waals surface area contributed by atoms with Crippen LogP contribution in [0.2, 0.25) is 0 Å². The number of unbranched alkanes of at least 4 members (excludes halogenated alkanes) is 8. The van der Waals surface area contributed by atoms with Crippen LogP contribution in [0.5, 0.6) is 0 Å². The average molecular weight is 300 g/mol. The molecule has 120 valence electrons. The molecule has 0 amide bonds. The van der Waals surface area contributed by atoms with Gasteiger partial charge >= 0.3 is 0 Å². The molecular formula is C18H37NS. The van der Waals surface area contributed by atoms with Crippen molar-refractivity contribution in [2.45, 2.75) is 95.5 Å². The Morgan fingerprint density at radius 1 is 0.900 bits per heavy atom. The first-order valence-electron chi connectivity index (χ1n) is 9.10. The second-order valence-corrected chi connectivity index (χ2v) is 8.36. The summed E-state index contributed by atoms with van der Waals surface area (Å²) in [6.45, 7) is 9.48. The summed E-state index contributed by atoms with van der Waals surface area (Å²) in [5.74, 6) is 0.818. The molecule has 0 aliphatic carbocycles. The summed E-state index contributed by atoms with van der Waals surface area (Å²) in [4.78, 5) is 0. The first-order chi connectivity index (χ1) is 9.74. The third-order valence-corrected chi connectivity index (χ3v) is 6.31. The van der Waals surface area contributed by atoms with Crippen molar-refractivity contribution < 1.29 is 0 Å². The summed E-state index contributed by atoms with van der Waals surface area (Å²) in [6, 6.07) is 0. The lowest BCUT2D eigenvalue weighted by atomic mass is 10.1. The van der Waals surface area contributed by atoms with Crippen molar-refractivity contribution in [3.63, 3.8) is 0 Å². The Labute approximate surface area is 132 Å². The Morgan fingerprint density at radius 2 is 1.50 bits per heavy atom. The molecule has 0 radical (unpaired) electrons. The molecule has 20 heavy (non-hydrogen) atoms. The van der Waals surface area contributed by atoms with Gasteiger partial charge in [0.05, 0.1) is 0 Å². The van der Waals surface area contributed by atoms with E-state index in [4.69, 9.17) is 0 Å². The standard InChI is InChI=1S/C18H37NS/c1-4-5-6-7-8-9-10-11-12-13-17-14-19-15-18(20-17)16(2)3/h16-19H,4-15H2,1-3H3. The van der Waals surface area contributed by atoms with Crippen LogP contribution in [0, 0.1) is 5.92 Å². The van der Waals surface area contributed by atoms with E-state index in [2.05, 4.69) is 37.8 Å². The van der Waals surface area contributed by atoms with Gasteiger partial charge in [0.1, 0.15) is 0 Å². The largest absolute Gasteiger partial charge is 0.315 e. The van der Waals surface area contributed by atoms with Crippen molar-refractivity contribution in [1.82, 2.24) is 5.32 Å². The molecular weight excluding hydrogens is 262 g/mol. The zero-order valence-electron chi connectivity index (χ0n) is 14.1. The van der Waals surface area contributed by atoms with E-state index in [0.717, 1.165) is 16.4 Å². The molecule has 0 aromatic rings. The second-order valence-electron chi connectivity index (χ2n) is 6.82. The van der Waals surface area contributed by atoms with E-state index in [9.17, 15) is 0 Å². The number of thioether (sulfide) groups is 1. The Kier molecular flexibility index (Phi) is 10.9. The van der Waals surface area contributed by atoms with E-state index in [0.29, 0.717) is 0 Å². The Hall–Kier alpha value is 0.310. The first kappa shape index (κ1) is 18.4. The highest BCUT2D eigenvalue weighted by atomic mass is 32.2. The average Bonchev–Trinajstić information content (AvgIpc) is 2.46. The highest BCUT2D eigenvalue weighted by Crippen LogP contribution is 2.29. The second kappa shape index (κ2) is 11.9. The fourth-order valence-electron chi connectivity index (χ4n) is 2.98. The van der Waals surface area contributed by atoms with Crippen LogP contribution in [-0.4, -0.2) is 23.6 Å². The lowest BCUT2D eigenvalue weighted by Crippen LogP contribution is -2.40. The van der Waals surface area contributed by atoms with Gasteiger partial charge in [-0.3, -0.25) is 0 Å². The highest BCUT2D eigenvalue weighted by Gasteiger charge is 2.23. The van der Waals surface area contributed by atoms with Gasteiger partial charge in [0.15, 0.2) is 0 Å². The van der Waals surface area contributed by atoms with Gasteiger partial charge < -0.3 is 5.32 Å². The Balaban J connectivity index is 1.91. The quantitative estimate of drug-likeness (QED) is 0.496. The van der Waals surface area contributed by atoms with Gasteiger partial charge in [0.25, 0.3) is 0 Å². The fourth-order valence-corrected chi connectivity index (χ4v) is 4.52. The topological polar surface area (TPSA) is 12.0 Å². The minimum absolute atomic E-state index is 0.818. The molecule has 0 saturated carbocycles. The van der Waals surface area contributed by atoms with Crippen LogP contribution in [0.15, 0.2) is 0 Å². The van der Waals surface area contributed by atoms with Crippen LogP contribution in [0.4, 0.5) is 0 Å². The monoisotopic (exact) mass is 299 g/mol. The van der Waals surface area contributed by atoms with E-state index in [-0.39, 0.29) is 0 Å². The summed E-state index contributed by atoms with van der Waals surface area (Å²) < 4.78 is 0. The van der Waals surface area contributed by atoms with Crippen LogP contribution < -0.4 is 5.32 Å².